The minimum Gasteiger partial charge on any atom is -0.298 e. The number of hydrogen-bond donors (Lipinski definition) is 1. The van der Waals surface area contributed by atoms with Gasteiger partial charge < -0.3 is 0 Å². The second kappa shape index (κ2) is 7.16. The molecule has 1 heterocycles. The van der Waals surface area contributed by atoms with Crippen LogP contribution in [0.1, 0.15) is 20.8 Å². The molecule has 5 nitrogen and oxygen atoms in total. The molecule has 3 rings (SSSR count). The van der Waals surface area contributed by atoms with Crippen LogP contribution in [0.4, 0.5) is 5.13 Å². The van der Waals surface area contributed by atoms with Gasteiger partial charge in [-0.05, 0) is 23.8 Å². The Hall–Kier alpha value is -2.51. The van der Waals surface area contributed by atoms with Gasteiger partial charge in [0, 0.05) is 29.3 Å². The molecule has 0 fully saturated rings. The van der Waals surface area contributed by atoms with Gasteiger partial charge in [-0.2, -0.15) is 0 Å². The lowest BCUT2D eigenvalue weighted by molar-refractivity contribution is 0.102. The Kier molecular flexibility index (Phi) is 4.96. The maximum Gasteiger partial charge on any atom is 0.257 e. The molecule has 7 heteroatoms. The molecule has 0 aliphatic carbocycles. The van der Waals surface area contributed by atoms with E-state index >= 15 is 0 Å². The van der Waals surface area contributed by atoms with E-state index in [2.05, 4.69) is 10.3 Å². The van der Waals surface area contributed by atoms with Crippen molar-refractivity contribution in [2.45, 2.75) is 11.3 Å². The highest BCUT2D eigenvalue weighted by Gasteiger charge is 2.13. The average molecular weight is 372 g/mol. The number of amides is 1. The fourth-order valence-corrected chi connectivity index (χ4v) is 3.79. The minimum atomic E-state index is -3.36. The van der Waals surface area contributed by atoms with Crippen LogP contribution in [0.5, 0.6) is 0 Å². The number of carbonyl (C=O) groups is 1. The smallest absolute Gasteiger partial charge is 0.257 e. The van der Waals surface area contributed by atoms with Crippen LogP contribution in [0.25, 0.3) is 0 Å². The standard InChI is InChI=1S/C18H16N2O3S2/c1-25(22,23)16-9-5-8-14(11-16)17(21)20-18-19-12-15(24-18)10-13-6-3-2-4-7-13/h2-9,11-12H,10H2,1H3,(H,19,20,21). The topological polar surface area (TPSA) is 76.1 Å². The molecule has 128 valence electrons. The number of anilines is 1. The molecular weight excluding hydrogens is 356 g/mol. The molecule has 2 aromatic carbocycles. The van der Waals surface area contributed by atoms with E-state index < -0.39 is 9.84 Å². The fourth-order valence-electron chi connectivity index (χ4n) is 2.28. The van der Waals surface area contributed by atoms with Crippen LogP contribution in [-0.4, -0.2) is 25.6 Å². The van der Waals surface area contributed by atoms with E-state index in [4.69, 9.17) is 0 Å². The second-order valence-electron chi connectivity index (χ2n) is 5.55. The Morgan fingerprint density at radius 3 is 2.60 bits per heavy atom. The van der Waals surface area contributed by atoms with Crippen LogP contribution in [0.15, 0.2) is 65.7 Å². The number of nitrogens with zero attached hydrogens (tertiary/aromatic N) is 1. The SMILES string of the molecule is CS(=O)(=O)c1cccc(C(=O)Nc2ncc(Cc3ccccc3)s2)c1. The Morgan fingerprint density at radius 1 is 1.12 bits per heavy atom. The molecule has 0 atom stereocenters. The van der Waals surface area contributed by atoms with Crippen molar-refractivity contribution in [1.82, 2.24) is 4.98 Å². The minimum absolute atomic E-state index is 0.115. The van der Waals surface area contributed by atoms with E-state index in [1.165, 1.54) is 29.0 Å². The summed E-state index contributed by atoms with van der Waals surface area (Å²) in [6.07, 6.45) is 3.60. The van der Waals surface area contributed by atoms with Crippen LogP contribution in [-0.2, 0) is 16.3 Å². The predicted molar refractivity (Wildman–Crippen MR) is 98.9 cm³/mol. The molecule has 0 radical (unpaired) electrons. The van der Waals surface area contributed by atoms with Crippen molar-refractivity contribution >= 4 is 32.2 Å². The quantitative estimate of drug-likeness (QED) is 0.745. The zero-order valence-electron chi connectivity index (χ0n) is 13.5. The van der Waals surface area contributed by atoms with E-state index in [-0.39, 0.29) is 16.4 Å². The molecule has 3 aromatic rings. The summed E-state index contributed by atoms with van der Waals surface area (Å²) in [4.78, 5) is 17.7. The van der Waals surface area contributed by atoms with E-state index in [1.807, 2.05) is 30.3 Å². The molecule has 1 amide bonds. The molecule has 25 heavy (non-hydrogen) atoms. The highest BCUT2D eigenvalue weighted by atomic mass is 32.2. The van der Waals surface area contributed by atoms with Crippen molar-refractivity contribution in [2.24, 2.45) is 0 Å². The summed E-state index contributed by atoms with van der Waals surface area (Å²) in [5, 5.41) is 3.20. The highest BCUT2D eigenvalue weighted by molar-refractivity contribution is 7.90. The first-order valence-corrected chi connectivity index (χ1v) is 10.2. The number of sulfone groups is 1. The first-order valence-electron chi connectivity index (χ1n) is 7.52. The van der Waals surface area contributed by atoms with Crippen LogP contribution in [0.2, 0.25) is 0 Å². The number of rotatable bonds is 5. The summed E-state index contributed by atoms with van der Waals surface area (Å²) in [5.41, 5.74) is 1.45. The predicted octanol–water partition coefficient (Wildman–Crippen LogP) is 3.39. The van der Waals surface area contributed by atoms with Crippen LogP contribution in [0, 0.1) is 0 Å². The first kappa shape index (κ1) is 17.3. The number of benzene rings is 2. The third kappa shape index (κ3) is 4.52. The lowest BCUT2D eigenvalue weighted by Crippen LogP contribution is -2.12. The Morgan fingerprint density at radius 2 is 1.88 bits per heavy atom. The van der Waals surface area contributed by atoms with Crippen molar-refractivity contribution in [1.29, 1.82) is 0 Å². The molecule has 0 unspecified atom stereocenters. The van der Waals surface area contributed by atoms with E-state index in [0.717, 1.165) is 17.6 Å². The fraction of sp³-hybridized carbons (Fsp3) is 0.111. The third-order valence-electron chi connectivity index (χ3n) is 3.52. The van der Waals surface area contributed by atoms with Gasteiger partial charge in [0.2, 0.25) is 0 Å². The Balaban J connectivity index is 1.72. The maximum absolute atomic E-state index is 12.3. The summed E-state index contributed by atoms with van der Waals surface area (Å²) in [7, 11) is -3.36. The van der Waals surface area contributed by atoms with Crippen molar-refractivity contribution < 1.29 is 13.2 Å². The van der Waals surface area contributed by atoms with E-state index in [9.17, 15) is 13.2 Å². The molecule has 0 aliphatic rings. The van der Waals surface area contributed by atoms with Crippen molar-refractivity contribution in [3.63, 3.8) is 0 Å². The van der Waals surface area contributed by atoms with E-state index in [0.29, 0.717) is 5.13 Å². The Bertz CT molecular complexity index is 996. The van der Waals surface area contributed by atoms with Gasteiger partial charge in [0.1, 0.15) is 0 Å². The van der Waals surface area contributed by atoms with Gasteiger partial charge in [0.05, 0.1) is 4.90 Å². The van der Waals surface area contributed by atoms with Crippen molar-refractivity contribution in [2.75, 3.05) is 11.6 Å². The monoisotopic (exact) mass is 372 g/mol. The molecule has 0 saturated carbocycles. The van der Waals surface area contributed by atoms with Gasteiger partial charge in [0.15, 0.2) is 15.0 Å². The van der Waals surface area contributed by atoms with Gasteiger partial charge in [-0.3, -0.25) is 10.1 Å². The van der Waals surface area contributed by atoms with Gasteiger partial charge in [-0.1, -0.05) is 36.4 Å². The number of aromatic nitrogens is 1. The molecule has 1 aromatic heterocycles. The number of hydrogen-bond acceptors (Lipinski definition) is 5. The Labute approximate surface area is 150 Å². The molecule has 0 spiro atoms. The summed E-state index contributed by atoms with van der Waals surface area (Å²) < 4.78 is 23.2. The molecule has 0 bridgehead atoms. The zero-order chi connectivity index (χ0) is 17.9. The summed E-state index contributed by atoms with van der Waals surface area (Å²) in [5.74, 6) is -0.383. The second-order valence-corrected chi connectivity index (χ2v) is 8.68. The lowest BCUT2D eigenvalue weighted by Gasteiger charge is -2.04. The first-order chi connectivity index (χ1) is 11.9. The number of carbonyl (C=O) groups excluding carboxylic acids is 1. The maximum atomic E-state index is 12.3. The summed E-state index contributed by atoms with van der Waals surface area (Å²) in [6.45, 7) is 0. The normalized spacial score (nSPS) is 11.2. The molecule has 0 aliphatic heterocycles. The highest BCUT2D eigenvalue weighted by Crippen LogP contribution is 2.22. The van der Waals surface area contributed by atoms with Gasteiger partial charge >= 0.3 is 0 Å². The van der Waals surface area contributed by atoms with Crippen molar-refractivity contribution in [3.05, 3.63) is 76.8 Å². The molecule has 0 saturated heterocycles. The van der Waals surface area contributed by atoms with Gasteiger partial charge in [-0.15, -0.1) is 11.3 Å². The summed E-state index contributed by atoms with van der Waals surface area (Å²) in [6, 6.07) is 15.9. The van der Waals surface area contributed by atoms with Crippen LogP contribution in [0.3, 0.4) is 0 Å². The van der Waals surface area contributed by atoms with Crippen molar-refractivity contribution in [3.8, 4) is 0 Å². The van der Waals surface area contributed by atoms with E-state index in [1.54, 1.807) is 18.3 Å². The number of thiazole rings is 1. The molecule has 1 N–H and O–H groups in total. The largest absolute Gasteiger partial charge is 0.298 e. The van der Waals surface area contributed by atoms with Crippen LogP contribution >= 0.6 is 11.3 Å². The summed E-state index contributed by atoms with van der Waals surface area (Å²) >= 11 is 1.40. The van der Waals surface area contributed by atoms with Crippen LogP contribution < -0.4 is 5.32 Å². The average Bonchev–Trinajstić information content (AvgIpc) is 3.02. The van der Waals surface area contributed by atoms with Gasteiger partial charge in [-0.25, -0.2) is 13.4 Å². The third-order valence-corrected chi connectivity index (χ3v) is 5.54. The zero-order valence-corrected chi connectivity index (χ0v) is 15.1. The molecular formula is C18H16N2O3S2. The van der Waals surface area contributed by atoms with Gasteiger partial charge in [0.25, 0.3) is 5.91 Å². The number of nitrogens with one attached hydrogen (secondary N) is 1. The lowest BCUT2D eigenvalue weighted by atomic mass is 10.1.